The number of aromatic amines is 1. The molecule has 0 atom stereocenters. The Balaban J connectivity index is 1.49. The number of carbonyl (C=O) groups is 1. The van der Waals surface area contributed by atoms with E-state index in [1.165, 1.54) is 11.8 Å². The number of aromatic carboxylic acids is 1. The van der Waals surface area contributed by atoms with Gasteiger partial charge in [0.2, 0.25) is 0 Å². The van der Waals surface area contributed by atoms with Crippen molar-refractivity contribution in [3.63, 3.8) is 0 Å². The predicted octanol–water partition coefficient (Wildman–Crippen LogP) is 4.21. The van der Waals surface area contributed by atoms with Gasteiger partial charge in [0.15, 0.2) is 0 Å². The molecule has 6 nitrogen and oxygen atoms in total. The Hall–Kier alpha value is -3.06. The normalized spacial score (nSPS) is 11.0. The van der Waals surface area contributed by atoms with Crippen LogP contribution in [-0.2, 0) is 5.75 Å². The van der Waals surface area contributed by atoms with Gasteiger partial charge in [-0.25, -0.2) is 4.79 Å². The molecular formula is C18H13N3O3S. The van der Waals surface area contributed by atoms with Crippen LogP contribution >= 0.6 is 11.8 Å². The van der Waals surface area contributed by atoms with Crippen LogP contribution < -0.4 is 0 Å². The molecule has 0 unspecified atom stereocenters. The lowest BCUT2D eigenvalue weighted by Crippen LogP contribution is -1.95. The first kappa shape index (κ1) is 15.5. The number of rotatable bonds is 5. The summed E-state index contributed by atoms with van der Waals surface area (Å²) in [6.07, 6.45) is 1.86. The second-order valence-corrected chi connectivity index (χ2v) is 6.34. The van der Waals surface area contributed by atoms with E-state index < -0.39 is 5.97 Å². The third kappa shape index (κ3) is 3.14. The molecule has 0 saturated heterocycles. The molecule has 0 bridgehead atoms. The molecular weight excluding hydrogens is 338 g/mol. The summed E-state index contributed by atoms with van der Waals surface area (Å²) in [7, 11) is 0. The lowest BCUT2D eigenvalue weighted by molar-refractivity contribution is 0.0697. The van der Waals surface area contributed by atoms with Crippen molar-refractivity contribution in [2.75, 3.05) is 0 Å². The van der Waals surface area contributed by atoms with Gasteiger partial charge in [-0.15, -0.1) is 10.2 Å². The van der Waals surface area contributed by atoms with E-state index >= 15 is 0 Å². The molecule has 0 fully saturated rings. The zero-order valence-electron chi connectivity index (χ0n) is 13.0. The summed E-state index contributed by atoms with van der Waals surface area (Å²) >= 11 is 1.41. The number of para-hydroxylation sites is 1. The monoisotopic (exact) mass is 351 g/mol. The van der Waals surface area contributed by atoms with E-state index in [0.717, 1.165) is 22.0 Å². The molecule has 0 saturated carbocycles. The minimum atomic E-state index is -0.931. The minimum absolute atomic E-state index is 0.271. The second kappa shape index (κ2) is 6.45. The molecule has 0 aliphatic heterocycles. The van der Waals surface area contributed by atoms with Gasteiger partial charge in [-0.05, 0) is 23.8 Å². The van der Waals surface area contributed by atoms with E-state index in [-0.39, 0.29) is 5.56 Å². The third-order valence-corrected chi connectivity index (χ3v) is 4.68. The molecule has 124 valence electrons. The highest BCUT2D eigenvalue weighted by atomic mass is 32.2. The number of hydrogen-bond donors (Lipinski definition) is 2. The van der Waals surface area contributed by atoms with E-state index in [2.05, 4.69) is 15.2 Å². The van der Waals surface area contributed by atoms with Crippen LogP contribution in [-0.4, -0.2) is 26.3 Å². The van der Waals surface area contributed by atoms with E-state index in [4.69, 9.17) is 9.52 Å². The molecule has 0 amide bonds. The van der Waals surface area contributed by atoms with Crippen LogP contribution in [0.5, 0.6) is 0 Å². The number of nitrogens with one attached hydrogen (secondary N) is 1. The van der Waals surface area contributed by atoms with Gasteiger partial charge in [-0.3, -0.25) is 0 Å². The number of benzene rings is 2. The highest BCUT2D eigenvalue weighted by Crippen LogP contribution is 2.30. The molecule has 2 aromatic heterocycles. The second-order valence-electron chi connectivity index (χ2n) is 5.41. The first-order chi connectivity index (χ1) is 12.2. The summed E-state index contributed by atoms with van der Waals surface area (Å²) in [6, 6.07) is 14.7. The topological polar surface area (TPSA) is 92.0 Å². The van der Waals surface area contributed by atoms with Crippen molar-refractivity contribution in [3.8, 4) is 11.5 Å². The fraction of sp³-hybridized carbons (Fsp3) is 0.0556. The van der Waals surface area contributed by atoms with Gasteiger partial charge in [0.1, 0.15) is 0 Å². The van der Waals surface area contributed by atoms with Crippen LogP contribution in [0.25, 0.3) is 22.4 Å². The maximum atomic E-state index is 10.9. The maximum absolute atomic E-state index is 10.9. The van der Waals surface area contributed by atoms with E-state index in [9.17, 15) is 4.79 Å². The number of H-pyrrole nitrogens is 1. The van der Waals surface area contributed by atoms with Gasteiger partial charge >= 0.3 is 5.97 Å². The first-order valence-electron chi connectivity index (χ1n) is 7.56. The molecule has 4 rings (SSSR count). The lowest BCUT2D eigenvalue weighted by Gasteiger charge is -1.99. The van der Waals surface area contributed by atoms with E-state index in [1.807, 2.05) is 30.5 Å². The van der Waals surface area contributed by atoms with Gasteiger partial charge in [-0.1, -0.05) is 42.1 Å². The van der Waals surface area contributed by atoms with E-state index in [0.29, 0.717) is 16.9 Å². The molecule has 0 radical (unpaired) electrons. The standard InChI is InChI=1S/C18H13N3O3S/c22-17(23)12-7-5-11(6-8-12)10-25-18-21-20-16(24-18)14-9-19-15-4-2-1-3-13(14)15/h1-9,19H,10H2,(H,22,23). The van der Waals surface area contributed by atoms with Crippen molar-refractivity contribution in [1.82, 2.24) is 15.2 Å². The SMILES string of the molecule is O=C(O)c1ccc(CSc2nnc(-c3c[nH]c4ccccc34)o2)cc1. The van der Waals surface area contributed by atoms with Crippen molar-refractivity contribution in [2.24, 2.45) is 0 Å². The Labute approximate surface area is 146 Å². The van der Waals surface area contributed by atoms with Crippen LogP contribution in [0.15, 0.2) is 64.4 Å². The predicted molar refractivity (Wildman–Crippen MR) is 94.6 cm³/mol. The quantitative estimate of drug-likeness (QED) is 0.523. The van der Waals surface area contributed by atoms with Crippen LogP contribution in [0.3, 0.4) is 0 Å². The van der Waals surface area contributed by atoms with Crippen molar-refractivity contribution < 1.29 is 14.3 Å². The van der Waals surface area contributed by atoms with Crippen LogP contribution in [0.1, 0.15) is 15.9 Å². The number of nitrogens with zero attached hydrogens (tertiary/aromatic N) is 2. The minimum Gasteiger partial charge on any atom is -0.478 e. The van der Waals surface area contributed by atoms with Crippen LogP contribution in [0, 0.1) is 0 Å². The molecule has 0 spiro atoms. The van der Waals surface area contributed by atoms with Crippen molar-refractivity contribution >= 4 is 28.6 Å². The molecule has 25 heavy (non-hydrogen) atoms. The summed E-state index contributed by atoms with van der Waals surface area (Å²) in [4.78, 5) is 14.0. The van der Waals surface area contributed by atoms with Crippen molar-refractivity contribution in [1.29, 1.82) is 0 Å². The van der Waals surface area contributed by atoms with Crippen molar-refractivity contribution in [2.45, 2.75) is 11.0 Å². The third-order valence-electron chi connectivity index (χ3n) is 3.79. The molecule has 0 aliphatic carbocycles. The fourth-order valence-corrected chi connectivity index (χ4v) is 3.23. The number of fused-ring (bicyclic) bond motifs is 1. The Kier molecular flexibility index (Phi) is 3.99. The molecule has 2 N–H and O–H groups in total. The molecule has 4 aromatic rings. The number of hydrogen-bond acceptors (Lipinski definition) is 5. The lowest BCUT2D eigenvalue weighted by atomic mass is 10.1. The van der Waals surface area contributed by atoms with Crippen LogP contribution in [0.4, 0.5) is 0 Å². The number of aromatic nitrogens is 3. The summed E-state index contributed by atoms with van der Waals surface area (Å²) in [6.45, 7) is 0. The summed E-state index contributed by atoms with van der Waals surface area (Å²) in [5.41, 5.74) is 3.15. The molecule has 2 heterocycles. The smallest absolute Gasteiger partial charge is 0.335 e. The maximum Gasteiger partial charge on any atom is 0.335 e. The number of carboxylic acid groups (broad SMARTS) is 1. The van der Waals surface area contributed by atoms with Gasteiger partial charge in [0.25, 0.3) is 11.1 Å². The fourth-order valence-electron chi connectivity index (χ4n) is 2.51. The summed E-state index contributed by atoms with van der Waals surface area (Å²) in [5.74, 6) is 0.163. The number of thioether (sulfide) groups is 1. The Morgan fingerprint density at radius 2 is 1.92 bits per heavy atom. The van der Waals surface area contributed by atoms with Gasteiger partial charge in [0, 0.05) is 22.9 Å². The average molecular weight is 351 g/mol. The summed E-state index contributed by atoms with van der Waals surface area (Å²) in [5, 5.41) is 18.6. The Bertz CT molecular complexity index is 1040. The molecule has 7 heteroatoms. The highest BCUT2D eigenvalue weighted by molar-refractivity contribution is 7.98. The zero-order valence-corrected chi connectivity index (χ0v) is 13.8. The van der Waals surface area contributed by atoms with Gasteiger partial charge in [0.05, 0.1) is 11.1 Å². The molecule has 0 aliphatic rings. The van der Waals surface area contributed by atoms with Crippen LogP contribution in [0.2, 0.25) is 0 Å². The highest BCUT2D eigenvalue weighted by Gasteiger charge is 2.13. The van der Waals surface area contributed by atoms with Gasteiger partial charge in [-0.2, -0.15) is 0 Å². The summed E-state index contributed by atoms with van der Waals surface area (Å²) < 4.78 is 5.75. The Morgan fingerprint density at radius 3 is 2.72 bits per heavy atom. The average Bonchev–Trinajstić information content (AvgIpc) is 3.27. The van der Waals surface area contributed by atoms with Crippen molar-refractivity contribution in [3.05, 3.63) is 65.9 Å². The molecule has 2 aromatic carbocycles. The zero-order chi connectivity index (χ0) is 17.2. The largest absolute Gasteiger partial charge is 0.478 e. The van der Waals surface area contributed by atoms with E-state index in [1.54, 1.807) is 24.3 Å². The Morgan fingerprint density at radius 1 is 1.12 bits per heavy atom. The van der Waals surface area contributed by atoms with Gasteiger partial charge < -0.3 is 14.5 Å². The first-order valence-corrected chi connectivity index (χ1v) is 8.54. The number of carboxylic acids is 1.